The van der Waals surface area contributed by atoms with Crippen LogP contribution in [0.15, 0.2) is 30.3 Å². The average Bonchev–Trinajstić information content (AvgIpc) is 2.88. The monoisotopic (exact) mass is 428 g/mol. The first kappa shape index (κ1) is 21.3. The van der Waals surface area contributed by atoms with E-state index in [1.807, 2.05) is 0 Å². The zero-order valence-electron chi connectivity index (χ0n) is 16.7. The summed E-state index contributed by atoms with van der Waals surface area (Å²) in [6.07, 6.45) is 0. The highest BCUT2D eigenvalue weighted by Crippen LogP contribution is 2.39. The molecule has 0 unspecified atom stereocenters. The van der Waals surface area contributed by atoms with Gasteiger partial charge in [-0.05, 0) is 62.8 Å². The number of hydrogen-bond donors (Lipinski definition) is 1. The van der Waals surface area contributed by atoms with Crippen molar-refractivity contribution in [2.45, 2.75) is 26.3 Å². The van der Waals surface area contributed by atoms with Crippen molar-refractivity contribution in [3.8, 4) is 0 Å². The predicted octanol–water partition coefficient (Wildman–Crippen LogP) is 4.10. The summed E-state index contributed by atoms with van der Waals surface area (Å²) in [5.74, 6) is -2.59. The standard InChI is InChI=1S/C21H18F2N4O2S/c1-11-15(24-4)8-9-16(17(11)23)26-19(29)21(2,3)27(20(26)30)12-6-7-13(14(22)10-12)18(28)25-5/h6-10H,1-3,5H3,(H,25,28). The molecule has 3 rings (SSSR count). The average molecular weight is 428 g/mol. The molecule has 1 saturated heterocycles. The van der Waals surface area contributed by atoms with Crippen LogP contribution < -0.4 is 15.1 Å². The normalized spacial score (nSPS) is 15.4. The second-order valence-corrected chi connectivity index (χ2v) is 7.58. The van der Waals surface area contributed by atoms with Gasteiger partial charge < -0.3 is 10.2 Å². The van der Waals surface area contributed by atoms with E-state index < -0.39 is 29.0 Å². The molecule has 9 heteroatoms. The number of nitrogens with zero attached hydrogens (tertiary/aromatic N) is 3. The maximum absolute atomic E-state index is 15.0. The molecule has 0 saturated carbocycles. The minimum Gasteiger partial charge on any atom is -0.355 e. The molecule has 2 aromatic rings. The molecule has 0 aliphatic carbocycles. The van der Waals surface area contributed by atoms with Gasteiger partial charge in [0.15, 0.2) is 10.8 Å². The van der Waals surface area contributed by atoms with Gasteiger partial charge in [0.05, 0.1) is 17.8 Å². The van der Waals surface area contributed by atoms with Gasteiger partial charge in [0, 0.05) is 12.7 Å². The van der Waals surface area contributed by atoms with Crippen LogP contribution in [0, 0.1) is 25.1 Å². The van der Waals surface area contributed by atoms with Gasteiger partial charge in [-0.3, -0.25) is 14.5 Å². The van der Waals surface area contributed by atoms with Crippen molar-refractivity contribution >= 4 is 46.2 Å². The number of anilines is 2. The van der Waals surface area contributed by atoms with Crippen molar-refractivity contribution < 1.29 is 18.4 Å². The molecule has 1 fully saturated rings. The third-order valence-electron chi connectivity index (χ3n) is 5.05. The lowest BCUT2D eigenvalue weighted by atomic mass is 10.0. The predicted molar refractivity (Wildman–Crippen MR) is 114 cm³/mol. The molecule has 6 nitrogen and oxygen atoms in total. The van der Waals surface area contributed by atoms with Crippen LogP contribution in [0.25, 0.3) is 4.85 Å². The topological polar surface area (TPSA) is 57.0 Å². The van der Waals surface area contributed by atoms with Gasteiger partial charge in [-0.15, -0.1) is 0 Å². The summed E-state index contributed by atoms with van der Waals surface area (Å²) in [7, 11) is 1.39. The fraction of sp³-hybridized carbons (Fsp3) is 0.238. The SMILES string of the molecule is [C-]#[N+]c1ccc(N2C(=O)C(C)(C)N(c3ccc(C(=O)NC)c(F)c3)C2=S)c(F)c1C. The smallest absolute Gasteiger partial charge is 0.259 e. The summed E-state index contributed by atoms with van der Waals surface area (Å²) in [5.41, 5.74) is -0.971. The van der Waals surface area contributed by atoms with Crippen molar-refractivity contribution in [2.24, 2.45) is 0 Å². The molecule has 2 amide bonds. The number of amides is 2. The largest absolute Gasteiger partial charge is 0.355 e. The summed E-state index contributed by atoms with van der Waals surface area (Å²) in [6, 6.07) is 6.63. The van der Waals surface area contributed by atoms with E-state index >= 15 is 0 Å². The van der Waals surface area contributed by atoms with Crippen LogP contribution in [0.4, 0.5) is 25.8 Å². The Morgan fingerprint density at radius 1 is 1.23 bits per heavy atom. The Morgan fingerprint density at radius 2 is 1.90 bits per heavy atom. The third-order valence-corrected chi connectivity index (χ3v) is 5.41. The van der Waals surface area contributed by atoms with Crippen LogP contribution >= 0.6 is 12.2 Å². The Labute approximate surface area is 177 Å². The molecule has 1 aliphatic heterocycles. The molecule has 0 aromatic heterocycles. The van der Waals surface area contributed by atoms with E-state index in [1.54, 1.807) is 13.8 Å². The summed E-state index contributed by atoms with van der Waals surface area (Å²) in [5, 5.41) is 2.31. The van der Waals surface area contributed by atoms with E-state index in [9.17, 15) is 18.4 Å². The maximum Gasteiger partial charge on any atom is 0.259 e. The van der Waals surface area contributed by atoms with E-state index in [0.717, 1.165) is 11.0 Å². The van der Waals surface area contributed by atoms with E-state index in [1.165, 1.54) is 43.1 Å². The molecule has 0 bridgehead atoms. The van der Waals surface area contributed by atoms with Gasteiger partial charge in [-0.2, -0.15) is 0 Å². The number of nitrogens with one attached hydrogen (secondary N) is 1. The highest BCUT2D eigenvalue weighted by Gasteiger charge is 2.51. The minimum absolute atomic E-state index is 0.0362. The highest BCUT2D eigenvalue weighted by atomic mass is 32.1. The summed E-state index contributed by atoms with van der Waals surface area (Å²) >= 11 is 5.47. The van der Waals surface area contributed by atoms with Crippen molar-refractivity contribution in [1.29, 1.82) is 0 Å². The number of rotatable bonds is 3. The Hall–Kier alpha value is -3.38. The van der Waals surface area contributed by atoms with Crippen LogP contribution in [0.5, 0.6) is 0 Å². The van der Waals surface area contributed by atoms with Crippen LogP contribution in [0.1, 0.15) is 29.8 Å². The lowest BCUT2D eigenvalue weighted by molar-refractivity contribution is -0.120. The minimum atomic E-state index is -1.24. The number of carbonyl (C=O) groups excluding carboxylic acids is 2. The number of thiocarbonyl (C=S) groups is 1. The fourth-order valence-electron chi connectivity index (χ4n) is 3.36. The lowest BCUT2D eigenvalue weighted by Gasteiger charge is -2.29. The number of halogens is 2. The number of benzene rings is 2. The summed E-state index contributed by atoms with van der Waals surface area (Å²) < 4.78 is 29.5. The molecule has 0 atom stereocenters. The molecule has 154 valence electrons. The zero-order chi connectivity index (χ0) is 22.4. The van der Waals surface area contributed by atoms with Gasteiger partial charge in [-0.1, -0.05) is 6.07 Å². The first-order chi connectivity index (χ1) is 14.1. The van der Waals surface area contributed by atoms with E-state index in [2.05, 4.69) is 10.2 Å². The van der Waals surface area contributed by atoms with Gasteiger partial charge >= 0.3 is 0 Å². The molecule has 0 spiro atoms. The van der Waals surface area contributed by atoms with Crippen molar-refractivity contribution in [3.63, 3.8) is 0 Å². The van der Waals surface area contributed by atoms with Gasteiger partial charge in [-0.25, -0.2) is 13.6 Å². The third kappa shape index (κ3) is 3.09. The van der Waals surface area contributed by atoms with Crippen molar-refractivity contribution in [1.82, 2.24) is 5.32 Å². The van der Waals surface area contributed by atoms with Crippen LogP contribution in [-0.4, -0.2) is 29.5 Å². The molecule has 30 heavy (non-hydrogen) atoms. The van der Waals surface area contributed by atoms with E-state index in [-0.39, 0.29) is 33.3 Å². The summed E-state index contributed by atoms with van der Waals surface area (Å²) in [6.45, 7) is 11.7. The van der Waals surface area contributed by atoms with Crippen molar-refractivity contribution in [2.75, 3.05) is 16.8 Å². The fourth-order valence-corrected chi connectivity index (χ4v) is 3.87. The quantitative estimate of drug-likeness (QED) is 0.591. The molecule has 2 aromatic carbocycles. The zero-order valence-corrected chi connectivity index (χ0v) is 17.5. The van der Waals surface area contributed by atoms with Crippen LogP contribution in [-0.2, 0) is 4.79 Å². The molecule has 0 radical (unpaired) electrons. The van der Waals surface area contributed by atoms with Gasteiger partial charge in [0.25, 0.3) is 11.8 Å². The number of carbonyl (C=O) groups is 2. The lowest BCUT2D eigenvalue weighted by Crippen LogP contribution is -2.44. The van der Waals surface area contributed by atoms with Crippen molar-refractivity contribution in [3.05, 3.63) is 64.5 Å². The van der Waals surface area contributed by atoms with Gasteiger partial charge in [0.1, 0.15) is 17.2 Å². The van der Waals surface area contributed by atoms with E-state index in [4.69, 9.17) is 18.8 Å². The van der Waals surface area contributed by atoms with Crippen LogP contribution in [0.3, 0.4) is 0 Å². The first-order valence-corrected chi connectivity index (χ1v) is 9.34. The molecule has 1 aliphatic rings. The second kappa shape index (κ2) is 7.46. The first-order valence-electron chi connectivity index (χ1n) is 8.93. The molecular weight excluding hydrogens is 410 g/mol. The summed E-state index contributed by atoms with van der Waals surface area (Å²) in [4.78, 5) is 30.6. The van der Waals surface area contributed by atoms with E-state index in [0.29, 0.717) is 0 Å². The Bertz CT molecular complexity index is 1140. The van der Waals surface area contributed by atoms with Crippen LogP contribution in [0.2, 0.25) is 0 Å². The maximum atomic E-state index is 15.0. The second-order valence-electron chi connectivity index (χ2n) is 7.22. The molecule has 1 N–H and O–H groups in total. The highest BCUT2D eigenvalue weighted by molar-refractivity contribution is 7.81. The van der Waals surface area contributed by atoms with Gasteiger partial charge in [0.2, 0.25) is 0 Å². The Balaban J connectivity index is 2.10. The number of hydrogen-bond acceptors (Lipinski definition) is 3. The molecular formula is C21H18F2N4O2S. The molecule has 1 heterocycles. The Kier molecular flexibility index (Phi) is 5.31. The Morgan fingerprint density at radius 3 is 2.47 bits per heavy atom.